The Morgan fingerprint density at radius 1 is 1.50 bits per heavy atom. The summed E-state index contributed by atoms with van der Waals surface area (Å²) < 4.78 is 4.99. The SMILES string of the molecule is [B]c1c(OC)ncnc1C1CC1. The van der Waals surface area contributed by atoms with Crippen LogP contribution < -0.4 is 10.2 Å². The zero-order valence-electron chi connectivity index (χ0n) is 6.95. The summed E-state index contributed by atoms with van der Waals surface area (Å²) in [5, 5.41) is 0. The topological polar surface area (TPSA) is 35.0 Å². The third kappa shape index (κ3) is 1.17. The molecule has 1 aliphatic carbocycles. The smallest absolute Gasteiger partial charge is 0.208 e. The summed E-state index contributed by atoms with van der Waals surface area (Å²) >= 11 is 0. The first kappa shape index (κ1) is 7.59. The van der Waals surface area contributed by atoms with Gasteiger partial charge in [0, 0.05) is 11.6 Å². The molecule has 0 aliphatic heterocycles. The van der Waals surface area contributed by atoms with Gasteiger partial charge >= 0.3 is 0 Å². The highest BCUT2D eigenvalue weighted by molar-refractivity contribution is 6.34. The average molecular weight is 160 g/mol. The normalized spacial score (nSPS) is 16.1. The molecule has 12 heavy (non-hydrogen) atoms. The van der Waals surface area contributed by atoms with E-state index in [-0.39, 0.29) is 0 Å². The zero-order valence-corrected chi connectivity index (χ0v) is 6.95. The molecule has 0 saturated heterocycles. The van der Waals surface area contributed by atoms with Crippen LogP contribution in [0.5, 0.6) is 5.88 Å². The number of nitrogens with zero attached hydrogens (tertiary/aromatic N) is 2. The minimum absolute atomic E-state index is 0.493. The maximum absolute atomic E-state index is 5.78. The van der Waals surface area contributed by atoms with Crippen molar-refractivity contribution in [1.82, 2.24) is 9.97 Å². The van der Waals surface area contributed by atoms with E-state index in [1.165, 1.54) is 19.2 Å². The van der Waals surface area contributed by atoms with Crippen LogP contribution in [0.2, 0.25) is 0 Å². The molecule has 1 saturated carbocycles. The molecule has 60 valence electrons. The maximum atomic E-state index is 5.78. The highest BCUT2D eigenvalue weighted by Gasteiger charge is 2.27. The van der Waals surface area contributed by atoms with Gasteiger partial charge in [0.1, 0.15) is 14.2 Å². The summed E-state index contributed by atoms with van der Waals surface area (Å²) in [6, 6.07) is 0. The standard InChI is InChI=1S/C8H9BN2O/c1-12-8-6(9)7(5-2-3-5)10-4-11-8/h4-5H,2-3H2,1H3. The van der Waals surface area contributed by atoms with Crippen LogP contribution in [0.15, 0.2) is 6.33 Å². The van der Waals surface area contributed by atoms with Gasteiger partial charge in [-0.3, -0.25) is 0 Å². The molecule has 2 rings (SSSR count). The summed E-state index contributed by atoms with van der Waals surface area (Å²) in [6.45, 7) is 0. The number of methoxy groups -OCH3 is 1. The van der Waals surface area contributed by atoms with E-state index in [1.54, 1.807) is 7.11 Å². The molecule has 0 unspecified atom stereocenters. The van der Waals surface area contributed by atoms with Crippen LogP contribution >= 0.6 is 0 Å². The Hall–Kier alpha value is -1.06. The molecule has 1 aliphatic rings. The second-order valence-corrected chi connectivity index (χ2v) is 2.96. The van der Waals surface area contributed by atoms with Crippen molar-refractivity contribution in [3.63, 3.8) is 0 Å². The van der Waals surface area contributed by atoms with E-state index < -0.39 is 0 Å². The largest absolute Gasteiger partial charge is 0.481 e. The molecule has 2 radical (unpaired) electrons. The summed E-state index contributed by atoms with van der Waals surface area (Å²) in [7, 11) is 7.35. The van der Waals surface area contributed by atoms with Crippen LogP contribution in [0.25, 0.3) is 0 Å². The van der Waals surface area contributed by atoms with E-state index in [4.69, 9.17) is 12.6 Å². The zero-order chi connectivity index (χ0) is 8.55. The van der Waals surface area contributed by atoms with Gasteiger partial charge in [0.25, 0.3) is 0 Å². The van der Waals surface area contributed by atoms with Crippen LogP contribution in [0, 0.1) is 0 Å². The predicted molar refractivity (Wildman–Crippen MR) is 45.9 cm³/mol. The molecule has 1 aromatic heterocycles. The van der Waals surface area contributed by atoms with E-state index in [9.17, 15) is 0 Å². The lowest BCUT2D eigenvalue weighted by molar-refractivity contribution is 0.400. The van der Waals surface area contributed by atoms with Gasteiger partial charge in [-0.15, -0.1) is 0 Å². The molecular formula is C8H9BN2O. The third-order valence-electron chi connectivity index (χ3n) is 2.04. The second-order valence-electron chi connectivity index (χ2n) is 2.96. The van der Waals surface area contributed by atoms with E-state index in [0.29, 0.717) is 17.3 Å². The lowest BCUT2D eigenvalue weighted by Gasteiger charge is -2.06. The fourth-order valence-corrected chi connectivity index (χ4v) is 1.24. The van der Waals surface area contributed by atoms with Gasteiger partial charge in [-0.2, -0.15) is 0 Å². The summed E-state index contributed by atoms with van der Waals surface area (Å²) in [4.78, 5) is 8.04. The van der Waals surface area contributed by atoms with Gasteiger partial charge in [-0.1, -0.05) is 0 Å². The number of ether oxygens (including phenoxy) is 1. The van der Waals surface area contributed by atoms with E-state index in [2.05, 4.69) is 9.97 Å². The van der Waals surface area contributed by atoms with Crippen molar-refractivity contribution in [3.8, 4) is 5.88 Å². The first-order chi connectivity index (χ1) is 5.83. The molecule has 0 aromatic carbocycles. The highest BCUT2D eigenvalue weighted by atomic mass is 16.5. The van der Waals surface area contributed by atoms with Gasteiger partial charge in [0.15, 0.2) is 0 Å². The molecule has 0 bridgehead atoms. The van der Waals surface area contributed by atoms with Crippen molar-refractivity contribution in [2.45, 2.75) is 18.8 Å². The Kier molecular flexibility index (Phi) is 1.75. The second kappa shape index (κ2) is 2.77. The van der Waals surface area contributed by atoms with Gasteiger partial charge < -0.3 is 4.74 Å². The molecule has 1 heterocycles. The molecule has 0 amide bonds. The van der Waals surface area contributed by atoms with Crippen LogP contribution in [0.4, 0.5) is 0 Å². The van der Waals surface area contributed by atoms with Crippen LogP contribution in [0.3, 0.4) is 0 Å². The first-order valence-corrected chi connectivity index (χ1v) is 3.97. The number of hydrogen-bond acceptors (Lipinski definition) is 3. The van der Waals surface area contributed by atoms with Gasteiger partial charge in [0.05, 0.1) is 7.11 Å². The molecule has 0 atom stereocenters. The minimum atomic E-state index is 0.493. The third-order valence-corrected chi connectivity index (χ3v) is 2.04. The average Bonchev–Trinajstić information content (AvgIpc) is 2.88. The van der Waals surface area contributed by atoms with Crippen molar-refractivity contribution >= 4 is 13.3 Å². The minimum Gasteiger partial charge on any atom is -0.481 e. The van der Waals surface area contributed by atoms with Crippen molar-refractivity contribution in [3.05, 3.63) is 12.0 Å². The number of hydrogen-bond donors (Lipinski definition) is 0. The van der Waals surface area contributed by atoms with Crippen molar-refractivity contribution in [2.24, 2.45) is 0 Å². The Bertz CT molecular complexity index is 299. The Morgan fingerprint density at radius 2 is 2.25 bits per heavy atom. The molecule has 3 nitrogen and oxygen atoms in total. The number of aromatic nitrogens is 2. The highest BCUT2D eigenvalue weighted by Crippen LogP contribution is 2.38. The van der Waals surface area contributed by atoms with Crippen molar-refractivity contribution < 1.29 is 4.74 Å². The molecule has 0 N–H and O–H groups in total. The molecule has 4 heteroatoms. The van der Waals surface area contributed by atoms with Gasteiger partial charge in [0.2, 0.25) is 5.88 Å². The predicted octanol–water partition coefficient (Wildman–Crippen LogP) is 0.156. The van der Waals surface area contributed by atoms with E-state index in [0.717, 1.165) is 5.69 Å². The van der Waals surface area contributed by atoms with Crippen LogP contribution in [-0.2, 0) is 0 Å². The fraction of sp³-hybridized carbons (Fsp3) is 0.500. The summed E-state index contributed by atoms with van der Waals surface area (Å²) in [5.41, 5.74) is 1.55. The van der Waals surface area contributed by atoms with E-state index >= 15 is 0 Å². The van der Waals surface area contributed by atoms with Crippen molar-refractivity contribution in [2.75, 3.05) is 7.11 Å². The van der Waals surface area contributed by atoms with Gasteiger partial charge in [-0.05, 0) is 18.3 Å². The van der Waals surface area contributed by atoms with Gasteiger partial charge in [-0.25, -0.2) is 9.97 Å². The summed E-state index contributed by atoms with van der Waals surface area (Å²) in [6.07, 6.45) is 3.87. The molecule has 1 fully saturated rings. The molecule has 1 aromatic rings. The molecule has 0 spiro atoms. The lowest BCUT2D eigenvalue weighted by Crippen LogP contribution is -2.16. The molecular weight excluding hydrogens is 151 g/mol. The van der Waals surface area contributed by atoms with Crippen molar-refractivity contribution in [1.29, 1.82) is 0 Å². The van der Waals surface area contributed by atoms with E-state index in [1.807, 2.05) is 0 Å². The summed E-state index contributed by atoms with van der Waals surface area (Å²) in [5.74, 6) is 1.04. The monoisotopic (exact) mass is 160 g/mol. The lowest BCUT2D eigenvalue weighted by atomic mass is 9.93. The Labute approximate surface area is 72.6 Å². The fourth-order valence-electron chi connectivity index (χ4n) is 1.24. The Balaban J connectivity index is 2.40. The van der Waals surface area contributed by atoms with Crippen LogP contribution in [0.1, 0.15) is 24.5 Å². The number of rotatable bonds is 2. The quantitative estimate of drug-likeness (QED) is 0.577. The first-order valence-electron chi connectivity index (χ1n) is 3.97. The maximum Gasteiger partial charge on any atom is 0.208 e. The Morgan fingerprint density at radius 3 is 2.83 bits per heavy atom. The van der Waals surface area contributed by atoms with Crippen LogP contribution in [-0.4, -0.2) is 24.9 Å².